The van der Waals surface area contributed by atoms with Gasteiger partial charge in [0.25, 0.3) is 5.91 Å². The van der Waals surface area contributed by atoms with E-state index in [0.29, 0.717) is 23.8 Å². The van der Waals surface area contributed by atoms with E-state index in [-0.39, 0.29) is 25.8 Å². The molecule has 1 saturated heterocycles. The number of nitrogens with one attached hydrogen (secondary N) is 1. The smallest absolute Gasteiger partial charge is 0.333 e. The molecule has 1 aliphatic rings. The van der Waals surface area contributed by atoms with Crippen LogP contribution < -0.4 is 5.09 Å². The van der Waals surface area contributed by atoms with Gasteiger partial charge >= 0.3 is 5.97 Å². The summed E-state index contributed by atoms with van der Waals surface area (Å²) < 4.78 is 13.6. The molecule has 2 aromatic heterocycles. The highest BCUT2D eigenvalue weighted by atomic mass is 33.1. The zero-order valence-corrected chi connectivity index (χ0v) is 23.0. The summed E-state index contributed by atoms with van der Waals surface area (Å²) in [6.45, 7) is 0.157. The molecule has 1 amide bonds. The van der Waals surface area contributed by atoms with Crippen molar-refractivity contribution in [3.8, 4) is 0 Å². The van der Waals surface area contributed by atoms with E-state index in [0.717, 1.165) is 15.1 Å². The largest absolute Gasteiger partial charge is 0.370 e. The molecule has 1 aliphatic heterocycles. The number of hydrogen-bond donors (Lipinski definition) is 2. The van der Waals surface area contributed by atoms with E-state index in [9.17, 15) is 19.3 Å². The summed E-state index contributed by atoms with van der Waals surface area (Å²) in [6.07, 6.45) is 3.61. The van der Waals surface area contributed by atoms with Crippen LogP contribution in [0.25, 0.3) is 0 Å². The van der Waals surface area contributed by atoms with Crippen LogP contribution in [0.15, 0.2) is 58.8 Å². The summed E-state index contributed by atoms with van der Waals surface area (Å²) in [5.41, 5.74) is 0. The third-order valence-electron chi connectivity index (χ3n) is 4.70. The van der Waals surface area contributed by atoms with Crippen LogP contribution in [0.5, 0.6) is 0 Å². The van der Waals surface area contributed by atoms with Crippen LogP contribution in [0.4, 0.5) is 0 Å². The lowest BCUT2D eigenvalue weighted by molar-refractivity contribution is -0.220. The van der Waals surface area contributed by atoms with Crippen LogP contribution in [0.2, 0.25) is 0 Å². The lowest BCUT2D eigenvalue weighted by atomic mass is 10.4. The number of aromatic nitrogens is 2. The van der Waals surface area contributed by atoms with Crippen molar-refractivity contribution in [2.45, 2.75) is 35.5 Å². The summed E-state index contributed by atoms with van der Waals surface area (Å²) in [4.78, 5) is 37.3. The lowest BCUT2D eigenvalue weighted by Gasteiger charge is -2.21. The monoisotopic (exact) mass is 574 g/mol. The molecule has 190 valence electrons. The van der Waals surface area contributed by atoms with E-state index in [2.05, 4.69) is 15.1 Å². The first-order valence-electron chi connectivity index (χ1n) is 10.9. The Hall–Kier alpha value is -1.21. The second-order valence-electron chi connectivity index (χ2n) is 7.34. The Morgan fingerprint density at radius 3 is 2.17 bits per heavy atom. The summed E-state index contributed by atoms with van der Waals surface area (Å²) in [6, 6.07) is 11.4. The average Bonchev–Trinajstić information content (AvgIpc) is 3.18. The summed E-state index contributed by atoms with van der Waals surface area (Å²) in [5.74, 6) is 0.234. The van der Waals surface area contributed by atoms with E-state index >= 15 is 0 Å². The first kappa shape index (κ1) is 28.4. The number of aliphatic hydroxyl groups is 1. The van der Waals surface area contributed by atoms with Crippen molar-refractivity contribution in [2.24, 2.45) is 0 Å². The molecule has 0 saturated carbocycles. The fourth-order valence-electron chi connectivity index (χ4n) is 2.91. The lowest BCUT2D eigenvalue weighted by Crippen LogP contribution is -2.35. The van der Waals surface area contributed by atoms with Gasteiger partial charge in [0.15, 0.2) is 6.23 Å². The molecular formula is C21H27N4O5PS4. The normalized spacial score (nSPS) is 16.0. The quantitative estimate of drug-likeness (QED) is 0.179. The molecule has 0 radical (unpaired) electrons. The third kappa shape index (κ3) is 10.4. The van der Waals surface area contributed by atoms with Gasteiger partial charge in [0.2, 0.25) is 0 Å². The number of carbonyl (C=O) groups is 2. The van der Waals surface area contributed by atoms with Gasteiger partial charge in [-0.1, -0.05) is 33.7 Å². The number of pyridine rings is 2. The van der Waals surface area contributed by atoms with Crippen LogP contribution in [-0.2, 0) is 19.0 Å². The van der Waals surface area contributed by atoms with Crippen molar-refractivity contribution in [3.05, 3.63) is 48.8 Å². The molecule has 1 unspecified atom stereocenters. The molecule has 2 aromatic rings. The van der Waals surface area contributed by atoms with Crippen LogP contribution in [0, 0.1) is 0 Å². The molecule has 2 N–H and O–H groups in total. The van der Waals surface area contributed by atoms with E-state index in [1.165, 1.54) is 21.6 Å². The molecule has 0 aliphatic carbocycles. The predicted octanol–water partition coefficient (Wildman–Crippen LogP) is 4.31. The Labute approximate surface area is 220 Å². The second-order valence-corrected chi connectivity index (χ2v) is 15.2. The van der Waals surface area contributed by atoms with E-state index in [1.54, 1.807) is 34.0 Å². The van der Waals surface area contributed by atoms with Gasteiger partial charge in [-0.15, -0.1) is 5.06 Å². The second kappa shape index (κ2) is 15.1. The minimum absolute atomic E-state index is 0.0633. The molecule has 1 fully saturated rings. The molecule has 0 aromatic carbocycles. The number of hydrogen-bond acceptors (Lipinski definition) is 11. The van der Waals surface area contributed by atoms with Crippen LogP contribution in [-0.4, -0.2) is 68.6 Å². The van der Waals surface area contributed by atoms with Crippen LogP contribution in [0.3, 0.4) is 0 Å². The Balaban J connectivity index is 1.45. The van der Waals surface area contributed by atoms with E-state index in [1.807, 2.05) is 36.4 Å². The SMILES string of the molecule is O=C(CCNP(=O)(CCSSc1ccccn1)CCSSc1ccccn1)ON1C(=O)CCC1O. The average molecular weight is 575 g/mol. The Kier molecular flexibility index (Phi) is 12.3. The zero-order valence-electron chi connectivity index (χ0n) is 18.9. The first-order chi connectivity index (χ1) is 17.0. The van der Waals surface area contributed by atoms with Crippen LogP contribution in [0.1, 0.15) is 19.3 Å². The maximum atomic E-state index is 13.6. The number of carbonyl (C=O) groups excluding carboxylic acids is 2. The third-order valence-corrected chi connectivity index (χ3v) is 12.5. The van der Waals surface area contributed by atoms with Gasteiger partial charge in [-0.3, -0.25) is 9.88 Å². The van der Waals surface area contributed by atoms with E-state index in [4.69, 9.17) is 4.84 Å². The fraction of sp³-hybridized carbons (Fsp3) is 0.429. The molecule has 14 heteroatoms. The van der Waals surface area contributed by atoms with Gasteiger partial charge in [-0.2, -0.15) is 0 Å². The van der Waals surface area contributed by atoms with Gasteiger partial charge in [0, 0.05) is 55.6 Å². The molecule has 1 atom stereocenters. The van der Waals surface area contributed by atoms with Crippen molar-refractivity contribution in [2.75, 3.05) is 30.4 Å². The van der Waals surface area contributed by atoms with Gasteiger partial charge in [-0.05, 0) is 45.9 Å². The Morgan fingerprint density at radius 1 is 1.09 bits per heavy atom. The molecule has 9 nitrogen and oxygen atoms in total. The summed E-state index contributed by atoms with van der Waals surface area (Å²) >= 11 is 0. The first-order valence-corrected chi connectivity index (χ1v) is 17.6. The van der Waals surface area contributed by atoms with Crippen molar-refractivity contribution in [1.82, 2.24) is 20.1 Å². The van der Waals surface area contributed by atoms with Crippen molar-refractivity contribution in [3.63, 3.8) is 0 Å². The molecule has 0 spiro atoms. The number of aliphatic hydroxyl groups excluding tert-OH is 1. The van der Waals surface area contributed by atoms with Crippen molar-refractivity contribution < 1.29 is 24.1 Å². The van der Waals surface area contributed by atoms with Gasteiger partial charge in [0.1, 0.15) is 17.3 Å². The van der Waals surface area contributed by atoms with E-state index < -0.39 is 25.4 Å². The fourth-order valence-corrected chi connectivity index (χ4v) is 11.0. The van der Waals surface area contributed by atoms with Crippen LogP contribution >= 0.6 is 50.5 Å². The van der Waals surface area contributed by atoms with Gasteiger partial charge < -0.3 is 14.5 Å². The molecule has 35 heavy (non-hydrogen) atoms. The van der Waals surface area contributed by atoms with Gasteiger partial charge in [0.05, 0.1) is 6.42 Å². The van der Waals surface area contributed by atoms with Gasteiger partial charge in [-0.25, -0.2) is 14.8 Å². The topological polar surface area (TPSA) is 122 Å². The predicted molar refractivity (Wildman–Crippen MR) is 143 cm³/mol. The van der Waals surface area contributed by atoms with Crippen molar-refractivity contribution in [1.29, 1.82) is 0 Å². The maximum absolute atomic E-state index is 13.6. The Bertz CT molecular complexity index is 941. The summed E-state index contributed by atoms with van der Waals surface area (Å²) in [5, 5.41) is 15.3. The molecule has 3 rings (SSSR count). The molecule has 3 heterocycles. The zero-order chi connectivity index (χ0) is 24.9. The highest BCUT2D eigenvalue weighted by molar-refractivity contribution is 8.77. The van der Waals surface area contributed by atoms with Crippen molar-refractivity contribution >= 4 is 62.3 Å². The minimum atomic E-state index is -2.77. The Morgan fingerprint density at radius 2 is 1.69 bits per heavy atom. The number of amides is 1. The molecule has 0 bridgehead atoms. The highest BCUT2D eigenvalue weighted by Crippen LogP contribution is 2.45. The molecular weight excluding hydrogens is 547 g/mol. The minimum Gasteiger partial charge on any atom is -0.370 e. The maximum Gasteiger partial charge on any atom is 0.333 e. The number of hydroxylamine groups is 2. The standard InChI is InChI=1S/C21H27N4O5PS4/c26-19-7-8-20(27)25(19)30-21(28)9-12-24-31(29,13-15-32-34-17-5-1-3-10-22-17)14-16-33-35-18-6-2-4-11-23-18/h1-6,10-11,19,26H,7-9,12-16H2,(H,24,29). The number of nitrogens with zero attached hydrogens (tertiary/aromatic N) is 3. The number of rotatable bonds is 15. The highest BCUT2D eigenvalue weighted by Gasteiger charge is 2.33. The summed E-state index contributed by atoms with van der Waals surface area (Å²) in [7, 11) is 3.47.